The molecule has 0 aliphatic heterocycles. The largest absolute Gasteiger partial charge is 0.413 e. The van der Waals surface area contributed by atoms with E-state index in [0.29, 0.717) is 11.6 Å². The van der Waals surface area contributed by atoms with Crippen molar-refractivity contribution < 1.29 is 4.43 Å². The van der Waals surface area contributed by atoms with Crippen LogP contribution in [0.3, 0.4) is 0 Å². The van der Waals surface area contributed by atoms with E-state index in [2.05, 4.69) is 59.5 Å². The van der Waals surface area contributed by atoms with Gasteiger partial charge in [-0.25, -0.2) is 0 Å². The second-order valence-electron chi connectivity index (χ2n) is 6.13. The van der Waals surface area contributed by atoms with Gasteiger partial charge in [0.1, 0.15) is 0 Å². The Morgan fingerprint density at radius 2 is 1.82 bits per heavy atom. The van der Waals surface area contributed by atoms with E-state index in [-0.39, 0.29) is 0 Å². The van der Waals surface area contributed by atoms with Crippen molar-refractivity contribution in [1.29, 1.82) is 0 Å². The van der Waals surface area contributed by atoms with Crippen molar-refractivity contribution in [1.82, 2.24) is 0 Å². The highest BCUT2D eigenvalue weighted by Gasteiger charge is 2.36. The minimum Gasteiger partial charge on any atom is -0.413 e. The average Bonchev–Trinajstić information content (AvgIpc) is 2.21. The number of hydrogen-bond donors (Lipinski definition) is 0. The maximum atomic E-state index is 6.07. The van der Waals surface area contributed by atoms with Crippen LogP contribution in [0.2, 0.25) is 18.1 Å². The Balaban J connectivity index is 4.36. The maximum Gasteiger partial charge on any atom is 0.192 e. The maximum absolute atomic E-state index is 6.07. The molecule has 0 fully saturated rings. The number of hydrogen-bond acceptors (Lipinski definition) is 1. The minimum absolute atomic E-state index is 0.293. The third-order valence-corrected chi connectivity index (χ3v) is 8.12. The monoisotopic (exact) mass is 254 g/mol. The quantitative estimate of drug-likeness (QED) is 0.461. The summed E-state index contributed by atoms with van der Waals surface area (Å²) in [4.78, 5) is 0. The van der Waals surface area contributed by atoms with Gasteiger partial charge in [0.25, 0.3) is 0 Å². The van der Waals surface area contributed by atoms with Crippen LogP contribution in [0.15, 0.2) is 17.4 Å². The highest BCUT2D eigenvalue weighted by atomic mass is 28.4. The molecule has 0 aromatic rings. The highest BCUT2D eigenvalue weighted by Crippen LogP contribution is 2.36. The SMILES string of the molecule is CCCC(=C=CCO[Si](C)(C)C(C)(C)C)CC. The lowest BCUT2D eigenvalue weighted by Gasteiger charge is -2.35. The van der Waals surface area contributed by atoms with Gasteiger partial charge >= 0.3 is 0 Å². The summed E-state index contributed by atoms with van der Waals surface area (Å²) < 4.78 is 6.07. The van der Waals surface area contributed by atoms with E-state index in [9.17, 15) is 0 Å². The lowest BCUT2D eigenvalue weighted by molar-refractivity contribution is 0.328. The fourth-order valence-electron chi connectivity index (χ4n) is 1.31. The molecule has 0 aliphatic rings. The van der Waals surface area contributed by atoms with Gasteiger partial charge in [0.2, 0.25) is 0 Å². The molecule has 0 N–H and O–H groups in total. The molecule has 100 valence electrons. The average molecular weight is 254 g/mol. The summed E-state index contributed by atoms with van der Waals surface area (Å²) in [6.07, 6.45) is 5.53. The molecule has 0 saturated carbocycles. The first-order valence-electron chi connectivity index (χ1n) is 6.81. The summed E-state index contributed by atoms with van der Waals surface area (Å²) in [6.45, 7) is 16.5. The van der Waals surface area contributed by atoms with Gasteiger partial charge in [-0.15, -0.1) is 5.73 Å². The summed E-state index contributed by atoms with van der Waals surface area (Å²) in [5, 5.41) is 0.293. The van der Waals surface area contributed by atoms with Crippen molar-refractivity contribution in [3.63, 3.8) is 0 Å². The van der Waals surface area contributed by atoms with Crippen LogP contribution < -0.4 is 0 Å². The zero-order valence-corrected chi connectivity index (χ0v) is 13.8. The van der Waals surface area contributed by atoms with Crippen molar-refractivity contribution in [2.24, 2.45) is 0 Å². The Bertz CT molecular complexity index is 278. The van der Waals surface area contributed by atoms with Crippen molar-refractivity contribution in [2.45, 2.75) is 72.0 Å². The van der Waals surface area contributed by atoms with Gasteiger partial charge in [0, 0.05) is 0 Å². The summed E-state index contributed by atoms with van der Waals surface area (Å²) in [5.74, 6) is 0. The topological polar surface area (TPSA) is 9.23 Å². The zero-order valence-electron chi connectivity index (χ0n) is 12.8. The molecule has 0 aromatic carbocycles. The molecule has 0 bridgehead atoms. The summed E-state index contributed by atoms with van der Waals surface area (Å²) >= 11 is 0. The standard InChI is InChI=1S/C15H30OSi/c1-8-11-14(9-2)12-10-13-16-17(6,7)15(3,4)5/h10H,8-9,11,13H2,1-7H3. The molecule has 0 unspecified atom stereocenters. The Hall–Kier alpha value is -0.303. The molecule has 1 nitrogen and oxygen atoms in total. The van der Waals surface area contributed by atoms with Crippen LogP contribution in [0.5, 0.6) is 0 Å². The Morgan fingerprint density at radius 1 is 1.24 bits per heavy atom. The minimum atomic E-state index is -1.59. The van der Waals surface area contributed by atoms with Gasteiger partial charge < -0.3 is 4.43 Å². The van der Waals surface area contributed by atoms with Gasteiger partial charge in [-0.3, -0.25) is 0 Å². The fourth-order valence-corrected chi connectivity index (χ4v) is 2.24. The molecule has 17 heavy (non-hydrogen) atoms. The van der Waals surface area contributed by atoms with Gasteiger partial charge in [-0.2, -0.15) is 0 Å². The molecule has 0 rings (SSSR count). The van der Waals surface area contributed by atoms with Crippen LogP contribution in [0.1, 0.15) is 53.9 Å². The Labute approximate surface area is 109 Å². The second-order valence-corrected chi connectivity index (χ2v) is 10.9. The molecule has 0 radical (unpaired) electrons. The molecular weight excluding hydrogens is 224 g/mol. The first-order chi connectivity index (χ1) is 7.74. The fraction of sp³-hybridized carbons (Fsp3) is 0.800. The normalized spacial score (nSPS) is 12.2. The predicted octanol–water partition coefficient (Wildman–Crippen LogP) is 5.30. The van der Waals surface area contributed by atoms with E-state index in [1.54, 1.807) is 0 Å². The Morgan fingerprint density at radius 3 is 2.24 bits per heavy atom. The lowest BCUT2D eigenvalue weighted by Crippen LogP contribution is -2.40. The van der Waals surface area contributed by atoms with E-state index < -0.39 is 8.32 Å². The van der Waals surface area contributed by atoms with Gasteiger partial charge in [0.15, 0.2) is 8.32 Å². The van der Waals surface area contributed by atoms with Gasteiger partial charge in [-0.1, -0.05) is 41.0 Å². The molecule has 0 atom stereocenters. The zero-order chi connectivity index (χ0) is 13.5. The van der Waals surface area contributed by atoms with Crippen molar-refractivity contribution >= 4 is 8.32 Å². The molecule has 2 heteroatoms. The van der Waals surface area contributed by atoms with E-state index in [1.165, 1.54) is 12.0 Å². The molecular formula is C15H30OSi. The molecule has 0 aliphatic carbocycles. The highest BCUT2D eigenvalue weighted by molar-refractivity contribution is 6.74. The van der Waals surface area contributed by atoms with Crippen molar-refractivity contribution in [2.75, 3.05) is 6.61 Å². The van der Waals surface area contributed by atoms with Crippen LogP contribution in [0.4, 0.5) is 0 Å². The van der Waals surface area contributed by atoms with Gasteiger partial charge in [-0.05, 0) is 42.6 Å². The third-order valence-electron chi connectivity index (χ3n) is 3.62. The summed E-state index contributed by atoms with van der Waals surface area (Å²) in [5.41, 5.74) is 4.79. The van der Waals surface area contributed by atoms with Crippen LogP contribution in [-0.4, -0.2) is 14.9 Å². The summed E-state index contributed by atoms with van der Waals surface area (Å²) in [7, 11) is -1.59. The van der Waals surface area contributed by atoms with E-state index in [0.717, 1.165) is 12.8 Å². The van der Waals surface area contributed by atoms with Crippen LogP contribution in [0, 0.1) is 0 Å². The number of rotatable bonds is 6. The second kappa shape index (κ2) is 7.20. The first-order valence-corrected chi connectivity index (χ1v) is 9.72. The van der Waals surface area contributed by atoms with Crippen molar-refractivity contribution in [3.05, 3.63) is 17.4 Å². The van der Waals surface area contributed by atoms with Crippen LogP contribution in [0.25, 0.3) is 0 Å². The molecule has 0 aromatic heterocycles. The molecule has 0 saturated heterocycles. The van der Waals surface area contributed by atoms with E-state index in [4.69, 9.17) is 4.43 Å². The summed E-state index contributed by atoms with van der Waals surface area (Å²) in [6, 6.07) is 0. The lowest BCUT2D eigenvalue weighted by atomic mass is 10.1. The first kappa shape index (κ1) is 16.7. The van der Waals surface area contributed by atoms with Crippen molar-refractivity contribution in [3.8, 4) is 0 Å². The van der Waals surface area contributed by atoms with Crippen LogP contribution in [-0.2, 0) is 4.43 Å². The van der Waals surface area contributed by atoms with Gasteiger partial charge in [0.05, 0.1) is 6.61 Å². The predicted molar refractivity (Wildman–Crippen MR) is 79.9 cm³/mol. The molecule has 0 heterocycles. The third kappa shape index (κ3) is 6.26. The van der Waals surface area contributed by atoms with E-state index in [1.807, 2.05) is 0 Å². The molecule has 0 amide bonds. The Kier molecular flexibility index (Phi) is 7.07. The van der Waals surface area contributed by atoms with E-state index >= 15 is 0 Å². The molecule has 0 spiro atoms. The van der Waals surface area contributed by atoms with Crippen LogP contribution >= 0.6 is 0 Å². The smallest absolute Gasteiger partial charge is 0.192 e.